The van der Waals surface area contributed by atoms with Gasteiger partial charge in [-0.1, -0.05) is 6.07 Å². The maximum absolute atomic E-state index is 12.6. The minimum Gasteiger partial charge on any atom is -0.319 e. The van der Waals surface area contributed by atoms with Gasteiger partial charge in [0.1, 0.15) is 6.54 Å². The summed E-state index contributed by atoms with van der Waals surface area (Å²) < 4.78 is 74.8. The van der Waals surface area contributed by atoms with E-state index in [-0.39, 0.29) is 11.3 Å². The Labute approximate surface area is 125 Å². The molecule has 0 saturated carbocycles. The van der Waals surface area contributed by atoms with Gasteiger partial charge in [0, 0.05) is 11.8 Å². The summed E-state index contributed by atoms with van der Waals surface area (Å²) in [5.41, 5.74) is -1.34. The van der Waals surface area contributed by atoms with E-state index in [9.17, 15) is 31.1 Å². The Morgan fingerprint density at radius 2 is 1.87 bits per heavy atom. The minimum absolute atomic E-state index is 0.0586. The zero-order valence-electron chi connectivity index (χ0n) is 11.2. The van der Waals surface area contributed by atoms with Crippen LogP contribution in [0.1, 0.15) is 15.9 Å². The number of carbonyl (C=O) groups is 1. The van der Waals surface area contributed by atoms with Crippen LogP contribution in [0.5, 0.6) is 0 Å². The van der Waals surface area contributed by atoms with Crippen LogP contribution in [-0.2, 0) is 12.7 Å². The predicted molar refractivity (Wildman–Crippen MR) is 67.7 cm³/mol. The SMILES string of the molecule is O=C(Nc1cnn(CC(F)(F)F)c1)c1cccc(C(F)(F)F)c1. The third-order valence-corrected chi connectivity index (χ3v) is 2.68. The van der Waals surface area contributed by atoms with Crippen molar-refractivity contribution in [2.45, 2.75) is 18.9 Å². The molecule has 0 unspecified atom stereocenters. The third kappa shape index (κ3) is 4.73. The Hall–Kier alpha value is -2.52. The number of halogens is 6. The summed E-state index contributed by atoms with van der Waals surface area (Å²) in [6, 6.07) is 3.67. The van der Waals surface area contributed by atoms with Gasteiger partial charge in [0.2, 0.25) is 0 Å². The minimum atomic E-state index is -4.60. The summed E-state index contributed by atoms with van der Waals surface area (Å²) in [6.45, 7) is -1.34. The van der Waals surface area contributed by atoms with Crippen LogP contribution in [0.2, 0.25) is 0 Å². The molecule has 1 heterocycles. The first-order chi connectivity index (χ1) is 10.5. The molecule has 0 radical (unpaired) electrons. The van der Waals surface area contributed by atoms with Crippen LogP contribution in [0, 0.1) is 0 Å². The molecule has 0 saturated heterocycles. The lowest BCUT2D eigenvalue weighted by Gasteiger charge is -2.08. The Bertz CT molecular complexity index is 704. The average Bonchev–Trinajstić information content (AvgIpc) is 2.82. The fourth-order valence-corrected chi connectivity index (χ4v) is 1.74. The van der Waals surface area contributed by atoms with Gasteiger partial charge in [-0.3, -0.25) is 9.48 Å². The molecule has 4 nitrogen and oxygen atoms in total. The van der Waals surface area contributed by atoms with Gasteiger partial charge in [0.05, 0.1) is 17.4 Å². The first-order valence-electron chi connectivity index (χ1n) is 6.12. The van der Waals surface area contributed by atoms with E-state index in [1.165, 1.54) is 0 Å². The van der Waals surface area contributed by atoms with Crippen molar-refractivity contribution in [3.8, 4) is 0 Å². The fourth-order valence-electron chi connectivity index (χ4n) is 1.74. The molecular weight excluding hydrogens is 328 g/mol. The highest BCUT2D eigenvalue weighted by Crippen LogP contribution is 2.29. The Balaban J connectivity index is 2.11. The van der Waals surface area contributed by atoms with Crippen molar-refractivity contribution in [3.63, 3.8) is 0 Å². The molecule has 0 aliphatic carbocycles. The molecule has 1 amide bonds. The second kappa shape index (κ2) is 5.94. The Morgan fingerprint density at radius 3 is 2.48 bits per heavy atom. The molecule has 1 aromatic heterocycles. The van der Waals surface area contributed by atoms with Crippen molar-refractivity contribution in [2.24, 2.45) is 0 Å². The zero-order chi connectivity index (χ0) is 17.3. The summed E-state index contributed by atoms with van der Waals surface area (Å²) in [6.07, 6.45) is -7.18. The fraction of sp³-hybridized carbons (Fsp3) is 0.231. The lowest BCUT2D eigenvalue weighted by atomic mass is 10.1. The van der Waals surface area contributed by atoms with Crippen LogP contribution in [0.4, 0.5) is 32.0 Å². The molecular formula is C13H9F6N3O. The van der Waals surface area contributed by atoms with Gasteiger partial charge in [-0.25, -0.2) is 0 Å². The summed E-state index contributed by atoms with van der Waals surface area (Å²) in [5, 5.41) is 5.59. The highest BCUT2D eigenvalue weighted by molar-refractivity contribution is 6.04. The number of rotatable bonds is 3. The highest BCUT2D eigenvalue weighted by Gasteiger charge is 2.31. The third-order valence-electron chi connectivity index (χ3n) is 2.68. The van der Waals surface area contributed by atoms with Crippen molar-refractivity contribution in [2.75, 3.05) is 5.32 Å². The number of aromatic nitrogens is 2. The van der Waals surface area contributed by atoms with Crippen LogP contribution in [-0.4, -0.2) is 21.9 Å². The second-order valence-corrected chi connectivity index (χ2v) is 4.57. The average molecular weight is 337 g/mol. The summed E-state index contributed by atoms with van der Waals surface area (Å²) in [4.78, 5) is 11.9. The number of hydrogen-bond donors (Lipinski definition) is 1. The van der Waals surface area contributed by atoms with E-state index in [0.717, 1.165) is 30.6 Å². The van der Waals surface area contributed by atoms with Crippen molar-refractivity contribution < 1.29 is 31.1 Å². The zero-order valence-corrected chi connectivity index (χ0v) is 11.2. The molecule has 0 atom stereocenters. The lowest BCUT2D eigenvalue weighted by Crippen LogP contribution is -2.18. The predicted octanol–water partition coefficient (Wildman–Crippen LogP) is 3.72. The number of anilines is 1. The van der Waals surface area contributed by atoms with E-state index >= 15 is 0 Å². The summed E-state index contributed by atoms with van der Waals surface area (Å²) >= 11 is 0. The normalized spacial score (nSPS) is 12.3. The van der Waals surface area contributed by atoms with Gasteiger partial charge < -0.3 is 5.32 Å². The Kier molecular flexibility index (Phi) is 4.35. The maximum atomic E-state index is 12.6. The second-order valence-electron chi connectivity index (χ2n) is 4.57. The van der Waals surface area contributed by atoms with Crippen LogP contribution >= 0.6 is 0 Å². The monoisotopic (exact) mass is 337 g/mol. The van der Waals surface area contributed by atoms with E-state index in [2.05, 4.69) is 10.4 Å². The summed E-state index contributed by atoms with van der Waals surface area (Å²) in [5.74, 6) is -0.886. The first kappa shape index (κ1) is 16.8. The molecule has 2 rings (SSSR count). The number of alkyl halides is 6. The van der Waals surface area contributed by atoms with E-state index < -0.39 is 30.4 Å². The molecule has 10 heteroatoms. The Morgan fingerprint density at radius 1 is 1.17 bits per heavy atom. The van der Waals surface area contributed by atoms with Gasteiger partial charge in [-0.15, -0.1) is 0 Å². The largest absolute Gasteiger partial charge is 0.416 e. The molecule has 0 spiro atoms. The van der Waals surface area contributed by atoms with Crippen molar-refractivity contribution in [1.29, 1.82) is 0 Å². The van der Waals surface area contributed by atoms with Crippen LogP contribution in [0.15, 0.2) is 36.7 Å². The molecule has 2 aromatic rings. The molecule has 1 N–H and O–H groups in total. The van der Waals surface area contributed by atoms with E-state index in [0.29, 0.717) is 10.7 Å². The number of benzene rings is 1. The lowest BCUT2D eigenvalue weighted by molar-refractivity contribution is -0.142. The van der Waals surface area contributed by atoms with E-state index in [4.69, 9.17) is 0 Å². The van der Waals surface area contributed by atoms with Gasteiger partial charge in [-0.05, 0) is 18.2 Å². The standard InChI is InChI=1S/C13H9F6N3O/c14-12(15,16)7-22-6-10(5-20-22)21-11(23)8-2-1-3-9(4-8)13(17,18)19/h1-6H,7H2,(H,21,23). The number of hydrogen-bond acceptors (Lipinski definition) is 2. The molecule has 0 bridgehead atoms. The van der Waals surface area contributed by atoms with Gasteiger partial charge in [0.25, 0.3) is 5.91 Å². The highest BCUT2D eigenvalue weighted by atomic mass is 19.4. The van der Waals surface area contributed by atoms with Crippen molar-refractivity contribution in [3.05, 3.63) is 47.8 Å². The van der Waals surface area contributed by atoms with Gasteiger partial charge >= 0.3 is 12.4 Å². The van der Waals surface area contributed by atoms with E-state index in [1.807, 2.05) is 0 Å². The molecule has 0 aliphatic heterocycles. The molecule has 0 aliphatic rings. The van der Waals surface area contributed by atoms with Gasteiger partial charge in [-0.2, -0.15) is 31.4 Å². The maximum Gasteiger partial charge on any atom is 0.416 e. The summed E-state index contributed by atoms with van der Waals surface area (Å²) in [7, 11) is 0. The topological polar surface area (TPSA) is 46.9 Å². The van der Waals surface area contributed by atoms with Crippen molar-refractivity contribution in [1.82, 2.24) is 9.78 Å². The molecule has 23 heavy (non-hydrogen) atoms. The van der Waals surface area contributed by atoms with Crippen molar-refractivity contribution >= 4 is 11.6 Å². The number of nitrogens with zero attached hydrogens (tertiary/aromatic N) is 2. The quantitative estimate of drug-likeness (QED) is 0.868. The van der Waals surface area contributed by atoms with Gasteiger partial charge in [0.15, 0.2) is 0 Å². The molecule has 124 valence electrons. The van der Waals surface area contributed by atoms with Crippen LogP contribution in [0.3, 0.4) is 0 Å². The van der Waals surface area contributed by atoms with Crippen LogP contribution < -0.4 is 5.32 Å². The first-order valence-corrected chi connectivity index (χ1v) is 6.12. The molecule has 1 aromatic carbocycles. The number of nitrogens with one attached hydrogen (secondary N) is 1. The van der Waals surface area contributed by atoms with E-state index in [1.54, 1.807) is 0 Å². The smallest absolute Gasteiger partial charge is 0.319 e. The number of carbonyl (C=O) groups excluding carboxylic acids is 1. The molecule has 0 fully saturated rings. The van der Waals surface area contributed by atoms with Crippen LogP contribution in [0.25, 0.3) is 0 Å². The number of amides is 1.